The molecule has 1 fully saturated rings. The summed E-state index contributed by atoms with van der Waals surface area (Å²) in [7, 11) is 0. The monoisotopic (exact) mass is 659 g/mol. The second kappa shape index (κ2) is 13.2. The topological polar surface area (TPSA) is 106 Å². The van der Waals surface area contributed by atoms with E-state index in [0.29, 0.717) is 17.3 Å². The molecule has 3 amide bonds. The van der Waals surface area contributed by atoms with Gasteiger partial charge in [-0.1, -0.05) is 48.2 Å². The normalized spacial score (nSPS) is 17.7. The Bertz CT molecular complexity index is 1590. The second-order valence-electron chi connectivity index (χ2n) is 12.3. The summed E-state index contributed by atoms with van der Waals surface area (Å²) in [5.41, 5.74) is 0.275. The molecule has 0 spiro atoms. The van der Waals surface area contributed by atoms with Crippen LogP contribution in [0.25, 0.3) is 0 Å². The maximum atomic E-state index is 14.2. The van der Waals surface area contributed by atoms with Gasteiger partial charge in [0.05, 0.1) is 12.2 Å². The van der Waals surface area contributed by atoms with Crippen LogP contribution in [0.2, 0.25) is 0 Å². The van der Waals surface area contributed by atoms with Gasteiger partial charge in [0.25, 0.3) is 11.8 Å². The number of halogens is 3. The molecule has 1 saturated heterocycles. The highest BCUT2D eigenvalue weighted by atomic mass is 32.2. The van der Waals surface area contributed by atoms with E-state index in [4.69, 9.17) is 14.2 Å². The highest BCUT2D eigenvalue weighted by Gasteiger charge is 2.57. The molecule has 13 heteroatoms. The van der Waals surface area contributed by atoms with Crippen molar-refractivity contribution in [3.8, 4) is 5.75 Å². The van der Waals surface area contributed by atoms with Gasteiger partial charge in [0, 0.05) is 15.4 Å². The molecule has 9 nitrogen and oxygen atoms in total. The molecule has 1 aliphatic heterocycles. The van der Waals surface area contributed by atoms with Crippen LogP contribution in [0.4, 0.5) is 18.0 Å². The summed E-state index contributed by atoms with van der Waals surface area (Å²) >= 11 is 0.874. The maximum absolute atomic E-state index is 14.2. The summed E-state index contributed by atoms with van der Waals surface area (Å²) in [6, 6.07) is 19.3. The van der Waals surface area contributed by atoms with Gasteiger partial charge < -0.3 is 14.2 Å². The van der Waals surface area contributed by atoms with Crippen LogP contribution in [-0.4, -0.2) is 46.3 Å². The molecule has 4 rings (SSSR count). The third-order valence-corrected chi connectivity index (χ3v) is 7.99. The molecule has 0 saturated carbocycles. The Morgan fingerprint density at radius 3 is 2.28 bits per heavy atom. The summed E-state index contributed by atoms with van der Waals surface area (Å²) in [4.78, 5) is 40.7. The Morgan fingerprint density at radius 2 is 1.63 bits per heavy atom. The van der Waals surface area contributed by atoms with Crippen molar-refractivity contribution in [3.05, 3.63) is 89.5 Å². The van der Waals surface area contributed by atoms with Crippen LogP contribution >= 0.6 is 11.8 Å². The molecule has 1 atom stereocenters. The van der Waals surface area contributed by atoms with E-state index in [9.17, 15) is 27.6 Å². The van der Waals surface area contributed by atoms with Crippen molar-refractivity contribution < 1.29 is 41.8 Å². The van der Waals surface area contributed by atoms with Crippen LogP contribution in [0.3, 0.4) is 0 Å². The first kappa shape index (κ1) is 34.6. The fourth-order valence-electron chi connectivity index (χ4n) is 4.73. The molecule has 3 aromatic rings. The Morgan fingerprint density at radius 1 is 0.935 bits per heavy atom. The minimum Gasteiger partial charge on any atom is -0.489 e. The quantitative estimate of drug-likeness (QED) is 0.264. The average molecular weight is 660 g/mol. The minimum absolute atomic E-state index is 0.126. The number of carbonyl (C=O) groups is 3. The molecule has 0 radical (unpaired) electrons. The smallest absolute Gasteiger partial charge is 0.417 e. The van der Waals surface area contributed by atoms with Crippen LogP contribution in [-0.2, 0) is 27.1 Å². The van der Waals surface area contributed by atoms with Crippen molar-refractivity contribution >= 4 is 29.7 Å². The van der Waals surface area contributed by atoms with E-state index in [2.05, 4.69) is 10.9 Å². The largest absolute Gasteiger partial charge is 0.489 e. The number of hydrogen-bond donors (Lipinski definition) is 2. The lowest BCUT2D eigenvalue weighted by Crippen LogP contribution is -2.63. The van der Waals surface area contributed by atoms with Gasteiger partial charge in [-0.15, -0.1) is 0 Å². The average Bonchev–Trinajstić information content (AvgIpc) is 3.23. The minimum atomic E-state index is -4.78. The number of rotatable bonds is 7. The molecule has 46 heavy (non-hydrogen) atoms. The van der Waals surface area contributed by atoms with E-state index < -0.39 is 46.5 Å². The number of hydrazine groups is 1. The predicted molar refractivity (Wildman–Crippen MR) is 165 cm³/mol. The van der Waals surface area contributed by atoms with Crippen LogP contribution in [0.5, 0.6) is 5.75 Å². The molecule has 0 aromatic heterocycles. The summed E-state index contributed by atoms with van der Waals surface area (Å²) < 4.78 is 59.4. The van der Waals surface area contributed by atoms with Gasteiger partial charge in [-0.05, 0) is 83.5 Å². The number of benzene rings is 3. The fourth-order valence-corrected chi connectivity index (χ4v) is 5.73. The van der Waals surface area contributed by atoms with Crippen molar-refractivity contribution in [2.24, 2.45) is 0 Å². The van der Waals surface area contributed by atoms with Crippen LogP contribution in [0, 0.1) is 0 Å². The van der Waals surface area contributed by atoms with Crippen LogP contribution in [0.15, 0.2) is 82.6 Å². The Hall–Kier alpha value is -4.23. The number of alkyl halides is 3. The molecule has 0 aliphatic carbocycles. The van der Waals surface area contributed by atoms with Crippen LogP contribution < -0.4 is 15.6 Å². The summed E-state index contributed by atoms with van der Waals surface area (Å²) in [6.07, 6.45) is -5.59. The number of amides is 3. The summed E-state index contributed by atoms with van der Waals surface area (Å²) in [5, 5.41) is 0. The van der Waals surface area contributed by atoms with Gasteiger partial charge in [0.1, 0.15) is 29.2 Å². The lowest BCUT2D eigenvalue weighted by Gasteiger charge is -2.39. The molecule has 1 aliphatic rings. The molecule has 2 N–H and O–H groups in total. The van der Waals surface area contributed by atoms with E-state index in [0.717, 1.165) is 28.3 Å². The standard InChI is InChI=1S/C33H36F3N3O6S/c1-30(2,3)45-29(42)39-31(4,5)44-20-32(39,6)28(41)38-37-27(40)22-15-16-26(25(17-22)33(34,35)36)46-24-14-10-13-23(18-24)43-19-21-11-8-7-9-12-21/h7-18H,19-20H2,1-6H3,(H,37,40)(H,38,41)/t32-/m1/s1. The third kappa shape index (κ3) is 8.32. The number of carbonyl (C=O) groups excluding carboxylic acids is 3. The second-order valence-corrected chi connectivity index (χ2v) is 13.4. The van der Waals surface area contributed by atoms with E-state index in [1.54, 1.807) is 58.9 Å². The zero-order valence-electron chi connectivity index (χ0n) is 26.3. The van der Waals surface area contributed by atoms with Gasteiger partial charge in [-0.2, -0.15) is 13.2 Å². The zero-order chi connectivity index (χ0) is 33.9. The highest BCUT2D eigenvalue weighted by molar-refractivity contribution is 7.99. The first-order valence-electron chi connectivity index (χ1n) is 14.3. The molecular weight excluding hydrogens is 623 g/mol. The van der Waals surface area contributed by atoms with Crippen LogP contribution in [0.1, 0.15) is 63.0 Å². The molecule has 3 aromatic carbocycles. The van der Waals surface area contributed by atoms with Crippen molar-refractivity contribution in [1.82, 2.24) is 15.8 Å². The first-order chi connectivity index (χ1) is 21.4. The summed E-state index contributed by atoms with van der Waals surface area (Å²) in [6.45, 7) is 9.69. The molecule has 1 heterocycles. The molecule has 246 valence electrons. The SMILES string of the molecule is CC(C)(C)OC(=O)N1C(C)(C)OC[C@]1(C)C(=O)NNC(=O)c1ccc(Sc2cccc(OCc3ccccc3)c2)c(C(F)(F)F)c1. The highest BCUT2D eigenvalue weighted by Crippen LogP contribution is 2.41. The number of nitrogens with one attached hydrogen (secondary N) is 2. The van der Waals surface area contributed by atoms with Crippen molar-refractivity contribution in [2.45, 2.75) is 81.0 Å². The van der Waals surface area contributed by atoms with Crippen molar-refractivity contribution in [1.29, 1.82) is 0 Å². The predicted octanol–water partition coefficient (Wildman–Crippen LogP) is 6.96. The number of hydrogen-bond acceptors (Lipinski definition) is 7. The van der Waals surface area contributed by atoms with E-state index in [-0.39, 0.29) is 17.1 Å². The van der Waals surface area contributed by atoms with Gasteiger partial charge in [0.15, 0.2) is 0 Å². The van der Waals surface area contributed by atoms with Gasteiger partial charge in [0.2, 0.25) is 0 Å². The molecule has 0 unspecified atom stereocenters. The van der Waals surface area contributed by atoms with E-state index in [1.807, 2.05) is 30.3 Å². The van der Waals surface area contributed by atoms with Gasteiger partial charge in [-0.25, -0.2) is 4.79 Å². The first-order valence-corrected chi connectivity index (χ1v) is 15.1. The van der Waals surface area contributed by atoms with E-state index in [1.165, 1.54) is 19.1 Å². The maximum Gasteiger partial charge on any atom is 0.417 e. The van der Waals surface area contributed by atoms with Crippen molar-refractivity contribution in [3.63, 3.8) is 0 Å². The Labute approximate surface area is 269 Å². The van der Waals surface area contributed by atoms with Gasteiger partial charge in [-0.3, -0.25) is 25.3 Å². The zero-order valence-corrected chi connectivity index (χ0v) is 27.1. The Kier molecular flexibility index (Phi) is 9.98. The lowest BCUT2D eigenvalue weighted by atomic mass is 10.0. The third-order valence-electron chi connectivity index (χ3n) is 6.92. The molecular formula is C33H36F3N3O6S. The Balaban J connectivity index is 1.47. The van der Waals surface area contributed by atoms with Crippen molar-refractivity contribution in [2.75, 3.05) is 6.61 Å². The lowest BCUT2D eigenvalue weighted by molar-refractivity contribution is -0.139. The number of ether oxygens (including phenoxy) is 3. The van der Waals surface area contributed by atoms with Gasteiger partial charge >= 0.3 is 12.3 Å². The molecule has 0 bridgehead atoms. The summed E-state index contributed by atoms with van der Waals surface area (Å²) in [5.74, 6) is -1.32. The number of nitrogens with zero attached hydrogens (tertiary/aromatic N) is 1. The fraction of sp³-hybridized carbons (Fsp3) is 0.364. The van der Waals surface area contributed by atoms with E-state index >= 15 is 0 Å².